The molecule has 5 nitrogen and oxygen atoms in total. The van der Waals surface area contributed by atoms with Gasteiger partial charge in [0.15, 0.2) is 0 Å². The molecule has 102 valence electrons. The van der Waals surface area contributed by atoms with Crippen molar-refractivity contribution in [1.29, 1.82) is 5.26 Å². The molecule has 1 fully saturated rings. The Morgan fingerprint density at radius 3 is 2.84 bits per heavy atom. The van der Waals surface area contributed by atoms with Gasteiger partial charge in [0.1, 0.15) is 11.0 Å². The van der Waals surface area contributed by atoms with Gasteiger partial charge in [0.25, 0.3) is 0 Å². The van der Waals surface area contributed by atoms with Crippen LogP contribution in [0.5, 0.6) is 0 Å². The van der Waals surface area contributed by atoms with Crippen LogP contribution in [0.15, 0.2) is 12.1 Å². The van der Waals surface area contributed by atoms with E-state index in [1.54, 1.807) is 12.1 Å². The summed E-state index contributed by atoms with van der Waals surface area (Å²) >= 11 is 5.90. The average molecular weight is 282 g/mol. The zero-order valence-electron chi connectivity index (χ0n) is 10.5. The second kappa shape index (κ2) is 6.71. The van der Waals surface area contributed by atoms with Crippen LogP contribution in [-0.2, 0) is 4.74 Å². The summed E-state index contributed by atoms with van der Waals surface area (Å²) in [5.74, 6) is 0.740. The molecule has 0 aromatic carbocycles. The molecule has 2 rings (SSSR count). The molecule has 1 aliphatic heterocycles. The summed E-state index contributed by atoms with van der Waals surface area (Å²) in [6.07, 6.45) is 1.96. The monoisotopic (exact) mass is 281 g/mol. The van der Waals surface area contributed by atoms with Crippen LogP contribution >= 0.6 is 11.6 Å². The van der Waals surface area contributed by atoms with E-state index in [1.165, 1.54) is 0 Å². The van der Waals surface area contributed by atoms with Crippen molar-refractivity contribution < 1.29 is 9.84 Å². The topological polar surface area (TPSA) is 69.4 Å². The molecule has 0 unspecified atom stereocenters. The van der Waals surface area contributed by atoms with Gasteiger partial charge in [-0.3, -0.25) is 0 Å². The Bertz CT molecular complexity index is 467. The highest BCUT2D eigenvalue weighted by Crippen LogP contribution is 2.22. The van der Waals surface area contributed by atoms with Gasteiger partial charge in [-0.2, -0.15) is 5.26 Å². The zero-order valence-corrected chi connectivity index (χ0v) is 11.3. The minimum atomic E-state index is 0.0571. The van der Waals surface area contributed by atoms with Crippen LogP contribution < -0.4 is 4.90 Å². The molecule has 0 radical (unpaired) electrons. The third-order valence-corrected chi connectivity index (χ3v) is 3.31. The molecular formula is C13H16ClN3O2. The van der Waals surface area contributed by atoms with Gasteiger partial charge < -0.3 is 14.7 Å². The van der Waals surface area contributed by atoms with Crippen molar-refractivity contribution in [2.45, 2.75) is 18.9 Å². The van der Waals surface area contributed by atoms with E-state index in [-0.39, 0.29) is 12.7 Å². The molecule has 2 heterocycles. The van der Waals surface area contributed by atoms with Crippen LogP contribution in [-0.4, -0.2) is 42.5 Å². The summed E-state index contributed by atoms with van der Waals surface area (Å²) in [5.41, 5.74) is 0.522. The summed E-state index contributed by atoms with van der Waals surface area (Å²) in [7, 11) is 0. The number of pyridine rings is 1. The SMILES string of the molecule is N#Cc1cc(Cl)nc(N2CCC(OCCO)CC2)c1. The first-order valence-corrected chi connectivity index (χ1v) is 6.66. The van der Waals surface area contributed by atoms with E-state index in [0.717, 1.165) is 31.7 Å². The molecule has 0 atom stereocenters. The van der Waals surface area contributed by atoms with Crippen molar-refractivity contribution in [2.75, 3.05) is 31.2 Å². The lowest BCUT2D eigenvalue weighted by molar-refractivity contribution is 0.0158. The predicted molar refractivity (Wildman–Crippen MR) is 72.2 cm³/mol. The molecule has 1 N–H and O–H groups in total. The molecular weight excluding hydrogens is 266 g/mol. The van der Waals surface area contributed by atoms with Crippen molar-refractivity contribution in [3.63, 3.8) is 0 Å². The van der Waals surface area contributed by atoms with E-state index in [1.807, 2.05) is 0 Å². The van der Waals surface area contributed by atoms with Gasteiger partial charge in [0, 0.05) is 13.1 Å². The Morgan fingerprint density at radius 1 is 1.47 bits per heavy atom. The van der Waals surface area contributed by atoms with E-state index in [9.17, 15) is 0 Å². The molecule has 1 aromatic heterocycles. The van der Waals surface area contributed by atoms with Gasteiger partial charge in [0.2, 0.25) is 0 Å². The highest BCUT2D eigenvalue weighted by Gasteiger charge is 2.21. The first-order chi connectivity index (χ1) is 9.22. The number of nitriles is 1. The van der Waals surface area contributed by atoms with Crippen LogP contribution in [0.3, 0.4) is 0 Å². The summed E-state index contributed by atoms with van der Waals surface area (Å²) < 4.78 is 5.51. The van der Waals surface area contributed by atoms with Gasteiger partial charge in [-0.05, 0) is 25.0 Å². The maximum atomic E-state index is 8.93. The van der Waals surface area contributed by atoms with Gasteiger partial charge in [0.05, 0.1) is 31.0 Å². The number of ether oxygens (including phenoxy) is 1. The summed E-state index contributed by atoms with van der Waals surface area (Å²) in [6.45, 7) is 2.07. The number of aliphatic hydroxyl groups is 1. The number of nitrogens with zero attached hydrogens (tertiary/aromatic N) is 3. The number of hydrogen-bond acceptors (Lipinski definition) is 5. The molecule has 1 aromatic rings. The van der Waals surface area contributed by atoms with Crippen LogP contribution in [0, 0.1) is 11.3 Å². The van der Waals surface area contributed by atoms with E-state index in [2.05, 4.69) is 16.0 Å². The van der Waals surface area contributed by atoms with Crippen molar-refractivity contribution in [1.82, 2.24) is 4.98 Å². The van der Waals surface area contributed by atoms with Gasteiger partial charge >= 0.3 is 0 Å². The molecule has 0 aliphatic carbocycles. The lowest BCUT2D eigenvalue weighted by atomic mass is 10.1. The van der Waals surface area contributed by atoms with Crippen molar-refractivity contribution in [2.24, 2.45) is 0 Å². The third kappa shape index (κ3) is 3.80. The van der Waals surface area contributed by atoms with Crippen molar-refractivity contribution in [3.05, 3.63) is 22.8 Å². The fraction of sp³-hybridized carbons (Fsp3) is 0.538. The predicted octanol–water partition coefficient (Wildman–Crippen LogP) is 1.58. The summed E-state index contributed by atoms with van der Waals surface area (Å²) in [6, 6.07) is 5.39. The number of hydrogen-bond donors (Lipinski definition) is 1. The van der Waals surface area contributed by atoms with E-state index >= 15 is 0 Å². The first-order valence-electron chi connectivity index (χ1n) is 6.28. The van der Waals surface area contributed by atoms with Crippen molar-refractivity contribution >= 4 is 17.4 Å². The fourth-order valence-electron chi connectivity index (χ4n) is 2.18. The number of aromatic nitrogens is 1. The van der Waals surface area contributed by atoms with Gasteiger partial charge in [-0.25, -0.2) is 4.98 Å². The number of piperidine rings is 1. The normalized spacial score (nSPS) is 16.4. The van der Waals surface area contributed by atoms with Crippen LogP contribution in [0.4, 0.5) is 5.82 Å². The third-order valence-electron chi connectivity index (χ3n) is 3.12. The second-order valence-corrected chi connectivity index (χ2v) is 4.82. The maximum absolute atomic E-state index is 8.93. The maximum Gasteiger partial charge on any atom is 0.132 e. The Morgan fingerprint density at radius 2 is 2.21 bits per heavy atom. The van der Waals surface area contributed by atoms with Crippen LogP contribution in [0.2, 0.25) is 5.15 Å². The Kier molecular flexibility index (Phi) is 4.97. The van der Waals surface area contributed by atoms with Gasteiger partial charge in [-0.15, -0.1) is 0 Å². The molecule has 0 spiro atoms. The van der Waals surface area contributed by atoms with Crippen molar-refractivity contribution in [3.8, 4) is 6.07 Å². The molecule has 0 amide bonds. The Labute approximate surface area is 117 Å². The molecule has 19 heavy (non-hydrogen) atoms. The first kappa shape index (κ1) is 14.1. The minimum Gasteiger partial charge on any atom is -0.394 e. The highest BCUT2D eigenvalue weighted by atomic mass is 35.5. The Balaban J connectivity index is 1.98. The van der Waals surface area contributed by atoms with Gasteiger partial charge in [-0.1, -0.05) is 11.6 Å². The molecule has 1 aliphatic rings. The largest absolute Gasteiger partial charge is 0.394 e. The Hall–Kier alpha value is -1.35. The number of aliphatic hydroxyl groups excluding tert-OH is 1. The number of anilines is 1. The molecule has 6 heteroatoms. The van der Waals surface area contributed by atoms with Crippen LogP contribution in [0.1, 0.15) is 18.4 Å². The minimum absolute atomic E-state index is 0.0571. The average Bonchev–Trinajstić information content (AvgIpc) is 2.45. The van der Waals surface area contributed by atoms with E-state index < -0.39 is 0 Å². The fourth-order valence-corrected chi connectivity index (χ4v) is 2.38. The quantitative estimate of drug-likeness (QED) is 0.849. The van der Waals surface area contributed by atoms with E-state index in [0.29, 0.717) is 17.3 Å². The molecule has 1 saturated heterocycles. The summed E-state index contributed by atoms with van der Waals surface area (Å²) in [4.78, 5) is 6.35. The van der Waals surface area contributed by atoms with E-state index in [4.69, 9.17) is 26.7 Å². The lowest BCUT2D eigenvalue weighted by Crippen LogP contribution is -2.37. The lowest BCUT2D eigenvalue weighted by Gasteiger charge is -2.32. The second-order valence-electron chi connectivity index (χ2n) is 4.43. The zero-order chi connectivity index (χ0) is 13.7. The van der Waals surface area contributed by atoms with Crippen LogP contribution in [0.25, 0.3) is 0 Å². The number of halogens is 1. The molecule has 0 saturated carbocycles. The smallest absolute Gasteiger partial charge is 0.132 e. The molecule has 0 bridgehead atoms. The highest BCUT2D eigenvalue weighted by molar-refractivity contribution is 6.29. The standard InChI is InChI=1S/C13H16ClN3O2/c14-12-7-10(9-15)8-13(16-12)17-3-1-11(2-4-17)19-6-5-18/h7-8,11,18H,1-6H2. The summed E-state index contributed by atoms with van der Waals surface area (Å²) in [5, 5.41) is 18.0. The number of rotatable bonds is 4.